The summed E-state index contributed by atoms with van der Waals surface area (Å²) in [5.41, 5.74) is 8.23. The van der Waals surface area contributed by atoms with Crippen molar-refractivity contribution in [3.8, 4) is 0 Å². The van der Waals surface area contributed by atoms with Gasteiger partial charge in [0.2, 0.25) is 0 Å². The summed E-state index contributed by atoms with van der Waals surface area (Å²) < 4.78 is 0. The van der Waals surface area contributed by atoms with Crippen LogP contribution < -0.4 is 5.73 Å². The summed E-state index contributed by atoms with van der Waals surface area (Å²) in [5.74, 6) is 0. The molecule has 3 nitrogen and oxygen atoms in total. The zero-order chi connectivity index (χ0) is 10.7. The SMILES string of the molecule is Cc1ncccc1CN1CCCC1CN.Cl. The monoisotopic (exact) mass is 241 g/mol. The molecule has 1 aromatic heterocycles. The Morgan fingerprint density at radius 3 is 3.06 bits per heavy atom. The van der Waals surface area contributed by atoms with E-state index in [2.05, 4.69) is 22.9 Å². The zero-order valence-corrected chi connectivity index (χ0v) is 10.5. The van der Waals surface area contributed by atoms with Gasteiger partial charge in [0.05, 0.1) is 0 Å². The normalized spacial score (nSPS) is 20.8. The van der Waals surface area contributed by atoms with Crippen LogP contribution in [0.2, 0.25) is 0 Å². The van der Waals surface area contributed by atoms with E-state index >= 15 is 0 Å². The maximum atomic E-state index is 5.76. The fourth-order valence-electron chi connectivity index (χ4n) is 2.27. The lowest BCUT2D eigenvalue weighted by Crippen LogP contribution is -2.35. The lowest BCUT2D eigenvalue weighted by atomic mass is 10.1. The summed E-state index contributed by atoms with van der Waals surface area (Å²) >= 11 is 0. The largest absolute Gasteiger partial charge is 0.329 e. The molecule has 1 atom stereocenters. The first-order valence-electron chi connectivity index (χ1n) is 5.66. The molecule has 16 heavy (non-hydrogen) atoms. The molecule has 1 aromatic rings. The smallest absolute Gasteiger partial charge is 0.0417 e. The number of nitrogens with zero attached hydrogens (tertiary/aromatic N) is 2. The second-order valence-electron chi connectivity index (χ2n) is 4.25. The van der Waals surface area contributed by atoms with Crippen LogP contribution in [0.1, 0.15) is 24.1 Å². The van der Waals surface area contributed by atoms with Gasteiger partial charge >= 0.3 is 0 Å². The number of hydrogen-bond donors (Lipinski definition) is 1. The van der Waals surface area contributed by atoms with Crippen molar-refractivity contribution in [1.82, 2.24) is 9.88 Å². The summed E-state index contributed by atoms with van der Waals surface area (Å²) in [6.45, 7) is 5.03. The van der Waals surface area contributed by atoms with E-state index in [0.29, 0.717) is 6.04 Å². The first-order valence-corrected chi connectivity index (χ1v) is 5.66. The number of rotatable bonds is 3. The Labute approximate surface area is 103 Å². The summed E-state index contributed by atoms with van der Waals surface area (Å²) in [6, 6.07) is 4.74. The van der Waals surface area contributed by atoms with E-state index in [9.17, 15) is 0 Å². The molecular formula is C12H20ClN3. The molecule has 0 radical (unpaired) electrons. The van der Waals surface area contributed by atoms with Crippen LogP contribution >= 0.6 is 12.4 Å². The highest BCUT2D eigenvalue weighted by Gasteiger charge is 2.23. The molecule has 1 fully saturated rings. The van der Waals surface area contributed by atoms with E-state index in [-0.39, 0.29) is 12.4 Å². The van der Waals surface area contributed by atoms with Gasteiger partial charge in [0.1, 0.15) is 0 Å². The van der Waals surface area contributed by atoms with E-state index in [0.717, 1.165) is 18.8 Å². The first kappa shape index (κ1) is 13.4. The van der Waals surface area contributed by atoms with Crippen molar-refractivity contribution in [2.45, 2.75) is 32.4 Å². The molecule has 1 aliphatic heterocycles. The molecule has 4 heteroatoms. The lowest BCUT2D eigenvalue weighted by molar-refractivity contribution is 0.249. The summed E-state index contributed by atoms with van der Waals surface area (Å²) in [4.78, 5) is 6.79. The van der Waals surface area contributed by atoms with Gasteiger partial charge in [-0.25, -0.2) is 0 Å². The molecule has 1 unspecified atom stereocenters. The van der Waals surface area contributed by atoms with Crippen LogP contribution in [0, 0.1) is 6.92 Å². The molecule has 0 amide bonds. The third kappa shape index (κ3) is 2.94. The molecule has 1 aliphatic rings. The molecule has 0 spiro atoms. The summed E-state index contributed by atoms with van der Waals surface area (Å²) in [7, 11) is 0. The van der Waals surface area contributed by atoms with Gasteiger partial charge in [0.15, 0.2) is 0 Å². The van der Waals surface area contributed by atoms with Gasteiger partial charge in [-0.1, -0.05) is 6.07 Å². The maximum absolute atomic E-state index is 5.76. The van der Waals surface area contributed by atoms with Gasteiger partial charge < -0.3 is 5.73 Å². The third-order valence-electron chi connectivity index (χ3n) is 3.26. The first-order chi connectivity index (χ1) is 7.31. The fourth-order valence-corrected chi connectivity index (χ4v) is 2.27. The Balaban J connectivity index is 0.00000128. The number of halogens is 1. The number of nitrogens with two attached hydrogens (primary N) is 1. The van der Waals surface area contributed by atoms with Gasteiger partial charge in [-0.3, -0.25) is 9.88 Å². The van der Waals surface area contributed by atoms with Crippen LogP contribution in [0.25, 0.3) is 0 Å². The number of aromatic nitrogens is 1. The van der Waals surface area contributed by atoms with Gasteiger partial charge in [0, 0.05) is 31.0 Å². The predicted molar refractivity (Wildman–Crippen MR) is 68.7 cm³/mol. The van der Waals surface area contributed by atoms with Crippen molar-refractivity contribution in [2.24, 2.45) is 5.73 Å². The topological polar surface area (TPSA) is 42.2 Å². The Bertz CT molecular complexity index is 330. The van der Waals surface area contributed by atoms with E-state index < -0.39 is 0 Å². The van der Waals surface area contributed by atoms with Crippen molar-refractivity contribution in [3.05, 3.63) is 29.6 Å². The highest BCUT2D eigenvalue weighted by molar-refractivity contribution is 5.85. The Hall–Kier alpha value is -0.640. The number of pyridine rings is 1. The molecule has 0 bridgehead atoms. The quantitative estimate of drug-likeness (QED) is 0.877. The lowest BCUT2D eigenvalue weighted by Gasteiger charge is -2.23. The molecule has 0 aliphatic carbocycles. The predicted octanol–water partition coefficient (Wildman–Crippen LogP) is 1.73. The maximum Gasteiger partial charge on any atom is 0.0417 e. The minimum Gasteiger partial charge on any atom is -0.329 e. The second kappa shape index (κ2) is 6.18. The molecule has 0 saturated carbocycles. The van der Waals surface area contributed by atoms with Crippen molar-refractivity contribution >= 4 is 12.4 Å². The van der Waals surface area contributed by atoms with Gasteiger partial charge in [-0.2, -0.15) is 0 Å². The van der Waals surface area contributed by atoms with Crippen LogP contribution in [-0.2, 0) is 6.54 Å². The van der Waals surface area contributed by atoms with Gasteiger partial charge in [-0.05, 0) is 37.9 Å². The Kier molecular flexibility index (Phi) is 5.19. The van der Waals surface area contributed by atoms with Crippen LogP contribution in [0.5, 0.6) is 0 Å². The zero-order valence-electron chi connectivity index (χ0n) is 9.72. The van der Waals surface area contributed by atoms with E-state index in [1.807, 2.05) is 12.3 Å². The summed E-state index contributed by atoms with van der Waals surface area (Å²) in [5, 5.41) is 0. The van der Waals surface area contributed by atoms with Crippen LogP contribution in [0.3, 0.4) is 0 Å². The highest BCUT2D eigenvalue weighted by Crippen LogP contribution is 2.19. The standard InChI is InChI=1S/C12H19N3.ClH/c1-10-11(4-2-6-14-10)9-15-7-3-5-12(15)8-13;/h2,4,6,12H,3,5,7-9,13H2,1H3;1H. The molecule has 2 N–H and O–H groups in total. The van der Waals surface area contributed by atoms with Crippen LogP contribution in [-0.4, -0.2) is 29.0 Å². The van der Waals surface area contributed by atoms with Crippen molar-refractivity contribution in [2.75, 3.05) is 13.1 Å². The molecule has 2 rings (SSSR count). The minimum absolute atomic E-state index is 0. The molecule has 0 aromatic carbocycles. The Morgan fingerprint density at radius 2 is 2.38 bits per heavy atom. The van der Waals surface area contributed by atoms with Crippen molar-refractivity contribution in [1.29, 1.82) is 0 Å². The summed E-state index contributed by atoms with van der Waals surface area (Å²) in [6.07, 6.45) is 4.38. The van der Waals surface area contributed by atoms with Crippen LogP contribution in [0.4, 0.5) is 0 Å². The minimum atomic E-state index is 0. The number of hydrogen-bond acceptors (Lipinski definition) is 3. The molecule has 2 heterocycles. The average molecular weight is 242 g/mol. The number of aryl methyl sites for hydroxylation is 1. The van der Waals surface area contributed by atoms with E-state index in [1.165, 1.54) is 24.9 Å². The molecule has 90 valence electrons. The van der Waals surface area contributed by atoms with Crippen molar-refractivity contribution in [3.63, 3.8) is 0 Å². The van der Waals surface area contributed by atoms with Gasteiger partial charge in [-0.15, -0.1) is 12.4 Å². The van der Waals surface area contributed by atoms with E-state index in [1.54, 1.807) is 0 Å². The van der Waals surface area contributed by atoms with Crippen LogP contribution in [0.15, 0.2) is 18.3 Å². The van der Waals surface area contributed by atoms with E-state index in [4.69, 9.17) is 5.73 Å². The second-order valence-corrected chi connectivity index (χ2v) is 4.25. The van der Waals surface area contributed by atoms with Gasteiger partial charge in [0.25, 0.3) is 0 Å². The average Bonchev–Trinajstić information content (AvgIpc) is 2.69. The highest BCUT2D eigenvalue weighted by atomic mass is 35.5. The van der Waals surface area contributed by atoms with Crippen molar-refractivity contribution < 1.29 is 0 Å². The number of likely N-dealkylation sites (tertiary alicyclic amines) is 1. The Morgan fingerprint density at radius 1 is 1.56 bits per heavy atom. The molecular weight excluding hydrogens is 222 g/mol. The fraction of sp³-hybridized carbons (Fsp3) is 0.583. The molecule has 1 saturated heterocycles. The third-order valence-corrected chi connectivity index (χ3v) is 3.26.